The molecule has 1 aliphatic rings. The van der Waals surface area contributed by atoms with Gasteiger partial charge in [-0.05, 0) is 12.8 Å². The fourth-order valence-electron chi connectivity index (χ4n) is 1.48. The molecule has 1 saturated heterocycles. The number of alkyl halides is 1. The second-order valence-electron chi connectivity index (χ2n) is 3.32. The van der Waals surface area contributed by atoms with Crippen molar-refractivity contribution in [2.24, 2.45) is 0 Å². The quantitative estimate of drug-likeness (QED) is 0.751. The number of amides is 2. The zero-order valence-electron chi connectivity index (χ0n) is 8.09. The zero-order valence-corrected chi connectivity index (χ0v) is 9.68. The molecular weight excluding hydrogens is 248 g/mol. The van der Waals surface area contributed by atoms with Gasteiger partial charge in [-0.25, -0.2) is 0 Å². The third kappa shape index (κ3) is 3.65. The highest BCUT2D eigenvalue weighted by Crippen LogP contribution is 2.08. The lowest BCUT2D eigenvalue weighted by Crippen LogP contribution is -2.33. The van der Waals surface area contributed by atoms with Crippen molar-refractivity contribution in [1.29, 1.82) is 0 Å². The van der Waals surface area contributed by atoms with E-state index >= 15 is 0 Å². The number of carbonyl (C=O) groups excluding carboxylic acids is 2. The third-order valence-electron chi connectivity index (χ3n) is 2.24. The van der Waals surface area contributed by atoms with E-state index in [1.54, 1.807) is 0 Å². The highest BCUT2D eigenvalue weighted by molar-refractivity contribution is 9.09. The molecular formula is C9H15BrN2O2. The SMILES string of the molecule is O=C(CBr)NCCC(=O)N1CCCC1. The van der Waals surface area contributed by atoms with Crippen molar-refractivity contribution in [1.82, 2.24) is 10.2 Å². The van der Waals surface area contributed by atoms with Crippen LogP contribution in [0.5, 0.6) is 0 Å². The van der Waals surface area contributed by atoms with E-state index in [0.29, 0.717) is 18.3 Å². The molecule has 0 aromatic rings. The van der Waals surface area contributed by atoms with Crippen LogP contribution in [0.15, 0.2) is 0 Å². The molecule has 14 heavy (non-hydrogen) atoms. The molecule has 0 spiro atoms. The van der Waals surface area contributed by atoms with E-state index in [1.165, 1.54) is 0 Å². The Morgan fingerprint density at radius 3 is 2.50 bits per heavy atom. The Morgan fingerprint density at radius 2 is 1.93 bits per heavy atom. The largest absolute Gasteiger partial charge is 0.355 e. The molecule has 1 rings (SSSR count). The number of nitrogens with zero attached hydrogens (tertiary/aromatic N) is 1. The van der Waals surface area contributed by atoms with Crippen molar-refractivity contribution in [3.63, 3.8) is 0 Å². The van der Waals surface area contributed by atoms with Gasteiger partial charge in [0.2, 0.25) is 11.8 Å². The Labute approximate surface area is 92.2 Å². The molecule has 0 atom stereocenters. The molecule has 1 heterocycles. The molecule has 1 fully saturated rings. The minimum absolute atomic E-state index is 0.0702. The summed E-state index contributed by atoms with van der Waals surface area (Å²) in [5, 5.41) is 2.95. The molecule has 0 aliphatic carbocycles. The van der Waals surface area contributed by atoms with Crippen LogP contribution in [0.4, 0.5) is 0 Å². The first-order chi connectivity index (χ1) is 6.74. The summed E-state index contributed by atoms with van der Waals surface area (Å²) in [7, 11) is 0. The maximum Gasteiger partial charge on any atom is 0.230 e. The van der Waals surface area contributed by atoms with Gasteiger partial charge in [0, 0.05) is 26.1 Å². The number of nitrogens with one attached hydrogen (secondary N) is 1. The van der Waals surface area contributed by atoms with Gasteiger partial charge in [0.1, 0.15) is 0 Å². The predicted octanol–water partition coefficient (Wildman–Crippen LogP) is 0.510. The fourth-order valence-corrected chi connectivity index (χ4v) is 1.68. The number of rotatable bonds is 4. The van der Waals surface area contributed by atoms with Gasteiger partial charge in [0.25, 0.3) is 0 Å². The van der Waals surface area contributed by atoms with Crippen LogP contribution < -0.4 is 5.32 Å². The van der Waals surface area contributed by atoms with Crippen molar-refractivity contribution in [2.75, 3.05) is 25.0 Å². The first-order valence-electron chi connectivity index (χ1n) is 4.84. The van der Waals surface area contributed by atoms with Gasteiger partial charge in [-0.2, -0.15) is 0 Å². The molecule has 1 N–H and O–H groups in total. The average molecular weight is 263 g/mol. The minimum Gasteiger partial charge on any atom is -0.355 e. The van der Waals surface area contributed by atoms with Crippen molar-refractivity contribution >= 4 is 27.7 Å². The Morgan fingerprint density at radius 1 is 1.29 bits per heavy atom. The molecule has 1 aliphatic heterocycles. The molecule has 4 nitrogen and oxygen atoms in total. The topological polar surface area (TPSA) is 49.4 Å². The lowest BCUT2D eigenvalue weighted by atomic mass is 10.3. The summed E-state index contributed by atoms with van der Waals surface area (Å²) < 4.78 is 0. The van der Waals surface area contributed by atoms with Crippen LogP contribution >= 0.6 is 15.9 Å². The van der Waals surface area contributed by atoms with Crippen molar-refractivity contribution < 1.29 is 9.59 Å². The molecule has 2 amide bonds. The fraction of sp³-hybridized carbons (Fsp3) is 0.778. The smallest absolute Gasteiger partial charge is 0.230 e. The van der Waals surface area contributed by atoms with E-state index in [-0.39, 0.29) is 11.8 Å². The summed E-state index contributed by atoms with van der Waals surface area (Å²) in [6, 6.07) is 0. The molecule has 0 radical (unpaired) electrons. The summed E-state index contributed by atoms with van der Waals surface area (Å²) in [6.45, 7) is 2.20. The number of halogens is 1. The van der Waals surface area contributed by atoms with E-state index in [9.17, 15) is 9.59 Å². The molecule has 0 aromatic carbocycles. The van der Waals surface area contributed by atoms with Crippen LogP contribution in [-0.4, -0.2) is 41.7 Å². The van der Waals surface area contributed by atoms with Gasteiger partial charge < -0.3 is 10.2 Å². The highest BCUT2D eigenvalue weighted by atomic mass is 79.9. The lowest BCUT2D eigenvalue weighted by Gasteiger charge is -2.14. The molecule has 0 bridgehead atoms. The van der Waals surface area contributed by atoms with Crippen molar-refractivity contribution in [3.8, 4) is 0 Å². The number of hydrogen-bond acceptors (Lipinski definition) is 2. The molecule has 80 valence electrons. The summed E-state index contributed by atoms with van der Waals surface area (Å²) >= 11 is 3.04. The minimum atomic E-state index is -0.0702. The number of hydrogen-bond donors (Lipinski definition) is 1. The van der Waals surface area contributed by atoms with E-state index in [1.807, 2.05) is 4.90 Å². The van der Waals surface area contributed by atoms with Crippen LogP contribution in [0.1, 0.15) is 19.3 Å². The van der Waals surface area contributed by atoms with Crippen molar-refractivity contribution in [3.05, 3.63) is 0 Å². The van der Waals surface area contributed by atoms with Gasteiger partial charge in [0.15, 0.2) is 0 Å². The van der Waals surface area contributed by atoms with Gasteiger partial charge in [-0.3, -0.25) is 9.59 Å². The van der Waals surface area contributed by atoms with Crippen LogP contribution in [0.25, 0.3) is 0 Å². The average Bonchev–Trinajstić information content (AvgIpc) is 2.70. The van der Waals surface area contributed by atoms with Crippen LogP contribution in [0, 0.1) is 0 Å². The van der Waals surface area contributed by atoms with Crippen LogP contribution in [0.3, 0.4) is 0 Å². The van der Waals surface area contributed by atoms with Gasteiger partial charge in [-0.15, -0.1) is 0 Å². The van der Waals surface area contributed by atoms with Gasteiger partial charge in [-0.1, -0.05) is 15.9 Å². The third-order valence-corrected chi connectivity index (χ3v) is 2.75. The van der Waals surface area contributed by atoms with E-state index in [4.69, 9.17) is 0 Å². The first-order valence-corrected chi connectivity index (χ1v) is 5.96. The normalized spacial score (nSPS) is 15.6. The summed E-state index contributed by atoms with van der Waals surface area (Å²) in [4.78, 5) is 24.2. The van der Waals surface area contributed by atoms with E-state index in [2.05, 4.69) is 21.2 Å². The van der Waals surface area contributed by atoms with Crippen LogP contribution in [0.2, 0.25) is 0 Å². The molecule has 5 heteroatoms. The number of likely N-dealkylation sites (tertiary alicyclic amines) is 1. The molecule has 0 saturated carbocycles. The van der Waals surface area contributed by atoms with Gasteiger partial charge in [0.05, 0.1) is 5.33 Å². The zero-order chi connectivity index (χ0) is 10.4. The molecule has 0 aromatic heterocycles. The van der Waals surface area contributed by atoms with E-state index < -0.39 is 0 Å². The lowest BCUT2D eigenvalue weighted by molar-refractivity contribution is -0.130. The van der Waals surface area contributed by atoms with Crippen LogP contribution in [-0.2, 0) is 9.59 Å². The maximum absolute atomic E-state index is 11.5. The summed E-state index contributed by atoms with van der Waals surface area (Å²) in [5.41, 5.74) is 0. The van der Waals surface area contributed by atoms with Crippen molar-refractivity contribution in [2.45, 2.75) is 19.3 Å². The highest BCUT2D eigenvalue weighted by Gasteiger charge is 2.17. The first kappa shape index (κ1) is 11.5. The number of carbonyl (C=O) groups is 2. The standard InChI is InChI=1S/C9H15BrN2O2/c10-7-8(13)11-4-3-9(14)12-5-1-2-6-12/h1-7H2,(H,11,13). The summed E-state index contributed by atoms with van der Waals surface area (Å²) in [5.74, 6) is 0.0802. The Hall–Kier alpha value is -0.580. The summed E-state index contributed by atoms with van der Waals surface area (Å²) in [6.07, 6.45) is 2.64. The second kappa shape index (κ2) is 6.01. The Bertz CT molecular complexity index is 215. The van der Waals surface area contributed by atoms with Gasteiger partial charge >= 0.3 is 0 Å². The molecule has 0 unspecified atom stereocenters. The monoisotopic (exact) mass is 262 g/mol. The Kier molecular flexibility index (Phi) is 4.93. The maximum atomic E-state index is 11.5. The second-order valence-corrected chi connectivity index (χ2v) is 3.88. The van der Waals surface area contributed by atoms with E-state index in [0.717, 1.165) is 25.9 Å². The Balaban J connectivity index is 2.11. The predicted molar refractivity (Wildman–Crippen MR) is 57.2 cm³/mol.